The molecule has 1 aromatic carbocycles. The van der Waals surface area contributed by atoms with Crippen LogP contribution in [0.1, 0.15) is 19.4 Å². The SMILES string of the molecule is CCN(CC)S(=O)(=O)N(CC(=O)OC)Cc1ccccc1. The first-order valence-corrected chi connectivity index (χ1v) is 8.21. The molecule has 0 amide bonds. The van der Waals surface area contributed by atoms with E-state index in [-0.39, 0.29) is 13.1 Å². The number of rotatable bonds is 8. The second-order valence-corrected chi connectivity index (χ2v) is 6.35. The first-order chi connectivity index (χ1) is 9.95. The van der Waals surface area contributed by atoms with Crippen LogP contribution in [-0.2, 0) is 26.3 Å². The molecule has 6 nitrogen and oxygen atoms in total. The average molecular weight is 314 g/mol. The number of methoxy groups -OCH3 is 1. The lowest BCUT2D eigenvalue weighted by Crippen LogP contribution is -2.45. The number of hydrogen-bond acceptors (Lipinski definition) is 4. The Morgan fingerprint density at radius 3 is 2.14 bits per heavy atom. The molecule has 0 heterocycles. The van der Waals surface area contributed by atoms with Crippen LogP contribution in [0.25, 0.3) is 0 Å². The van der Waals surface area contributed by atoms with E-state index in [0.717, 1.165) is 9.87 Å². The van der Waals surface area contributed by atoms with Gasteiger partial charge in [-0.1, -0.05) is 44.2 Å². The maximum Gasteiger partial charge on any atom is 0.321 e. The Kier molecular flexibility index (Phi) is 6.80. The molecule has 1 rings (SSSR count). The quantitative estimate of drug-likeness (QED) is 0.677. The van der Waals surface area contributed by atoms with Gasteiger partial charge >= 0.3 is 5.97 Å². The Labute approximate surface area is 126 Å². The average Bonchev–Trinajstić information content (AvgIpc) is 2.48. The summed E-state index contributed by atoms with van der Waals surface area (Å²) in [6, 6.07) is 9.16. The Morgan fingerprint density at radius 2 is 1.67 bits per heavy atom. The van der Waals surface area contributed by atoms with Crippen molar-refractivity contribution in [2.24, 2.45) is 0 Å². The molecule has 0 N–H and O–H groups in total. The molecule has 0 aliphatic rings. The van der Waals surface area contributed by atoms with Crippen molar-refractivity contribution in [3.05, 3.63) is 35.9 Å². The molecule has 0 aliphatic carbocycles. The molecule has 7 heteroatoms. The molecule has 21 heavy (non-hydrogen) atoms. The summed E-state index contributed by atoms with van der Waals surface area (Å²) in [5, 5.41) is 0. The second-order valence-electron chi connectivity index (χ2n) is 4.42. The fraction of sp³-hybridized carbons (Fsp3) is 0.500. The third kappa shape index (κ3) is 4.80. The third-order valence-electron chi connectivity index (χ3n) is 3.09. The van der Waals surface area contributed by atoms with Crippen molar-refractivity contribution in [1.82, 2.24) is 8.61 Å². The maximum atomic E-state index is 12.6. The van der Waals surface area contributed by atoms with Crippen molar-refractivity contribution in [3.8, 4) is 0 Å². The highest BCUT2D eigenvalue weighted by Gasteiger charge is 2.29. The Hall–Kier alpha value is -1.44. The van der Waals surface area contributed by atoms with Crippen molar-refractivity contribution in [1.29, 1.82) is 0 Å². The minimum atomic E-state index is -3.70. The molecule has 0 saturated carbocycles. The molecule has 0 spiro atoms. The first-order valence-electron chi connectivity index (χ1n) is 6.81. The summed E-state index contributed by atoms with van der Waals surface area (Å²) >= 11 is 0. The molecule has 0 unspecified atom stereocenters. The first kappa shape index (κ1) is 17.6. The van der Waals surface area contributed by atoms with Crippen molar-refractivity contribution in [2.75, 3.05) is 26.7 Å². The summed E-state index contributed by atoms with van der Waals surface area (Å²) in [6.07, 6.45) is 0. The molecule has 0 bridgehead atoms. The number of hydrogen-bond donors (Lipinski definition) is 0. The van der Waals surface area contributed by atoms with Gasteiger partial charge in [0.05, 0.1) is 7.11 Å². The van der Waals surface area contributed by atoms with Crippen molar-refractivity contribution in [3.63, 3.8) is 0 Å². The molecule has 0 radical (unpaired) electrons. The molecular weight excluding hydrogens is 292 g/mol. The predicted molar refractivity (Wildman–Crippen MR) is 80.7 cm³/mol. The van der Waals surface area contributed by atoms with E-state index in [1.165, 1.54) is 11.4 Å². The van der Waals surface area contributed by atoms with E-state index in [9.17, 15) is 13.2 Å². The highest BCUT2D eigenvalue weighted by atomic mass is 32.2. The van der Waals surface area contributed by atoms with E-state index in [2.05, 4.69) is 4.74 Å². The van der Waals surface area contributed by atoms with Gasteiger partial charge in [-0.3, -0.25) is 4.79 Å². The van der Waals surface area contributed by atoms with Gasteiger partial charge in [0.2, 0.25) is 0 Å². The van der Waals surface area contributed by atoms with Crippen LogP contribution in [0.15, 0.2) is 30.3 Å². The lowest BCUT2D eigenvalue weighted by atomic mass is 10.2. The Bertz CT molecular complexity index is 541. The zero-order chi connectivity index (χ0) is 15.9. The summed E-state index contributed by atoms with van der Waals surface area (Å²) in [7, 11) is -2.46. The Balaban J connectivity index is 3.04. The lowest BCUT2D eigenvalue weighted by Gasteiger charge is -2.27. The van der Waals surface area contributed by atoms with Crippen LogP contribution in [0, 0.1) is 0 Å². The number of benzene rings is 1. The summed E-state index contributed by atoms with van der Waals surface area (Å²) in [6.45, 7) is 4.06. The monoisotopic (exact) mass is 314 g/mol. The maximum absolute atomic E-state index is 12.6. The minimum Gasteiger partial charge on any atom is -0.468 e. The molecule has 118 valence electrons. The second kappa shape index (κ2) is 8.11. The molecule has 1 aromatic rings. The Morgan fingerprint density at radius 1 is 1.10 bits per heavy atom. The fourth-order valence-corrected chi connectivity index (χ4v) is 3.49. The van der Waals surface area contributed by atoms with Gasteiger partial charge < -0.3 is 4.74 Å². The van der Waals surface area contributed by atoms with Crippen LogP contribution >= 0.6 is 0 Å². The van der Waals surface area contributed by atoms with Gasteiger partial charge in [-0.15, -0.1) is 0 Å². The van der Waals surface area contributed by atoms with E-state index in [4.69, 9.17) is 0 Å². The van der Waals surface area contributed by atoms with Crippen LogP contribution in [0.2, 0.25) is 0 Å². The van der Waals surface area contributed by atoms with Crippen LogP contribution in [0.4, 0.5) is 0 Å². The van der Waals surface area contributed by atoms with E-state index < -0.39 is 16.2 Å². The standard InChI is InChI=1S/C14H22N2O4S/c1-4-15(5-2)21(18,19)16(12-14(17)20-3)11-13-9-7-6-8-10-13/h6-10H,4-5,11-12H2,1-3H3. The zero-order valence-corrected chi connectivity index (χ0v) is 13.5. The van der Waals surface area contributed by atoms with Crippen molar-refractivity contribution < 1.29 is 17.9 Å². The van der Waals surface area contributed by atoms with E-state index in [1.807, 2.05) is 30.3 Å². The van der Waals surface area contributed by atoms with Crippen molar-refractivity contribution in [2.45, 2.75) is 20.4 Å². The number of carbonyl (C=O) groups excluding carboxylic acids is 1. The highest BCUT2D eigenvalue weighted by molar-refractivity contribution is 7.86. The molecular formula is C14H22N2O4S. The van der Waals surface area contributed by atoms with Gasteiger partial charge in [0.15, 0.2) is 0 Å². The normalized spacial score (nSPS) is 11.9. The summed E-state index contributed by atoms with van der Waals surface area (Å²) in [5.41, 5.74) is 0.817. The van der Waals surface area contributed by atoms with Gasteiger partial charge in [-0.2, -0.15) is 17.0 Å². The third-order valence-corrected chi connectivity index (χ3v) is 5.17. The van der Waals surface area contributed by atoms with Crippen LogP contribution in [0.5, 0.6) is 0 Å². The smallest absolute Gasteiger partial charge is 0.321 e. The molecule has 0 aromatic heterocycles. The number of ether oxygens (including phenoxy) is 1. The molecule has 0 atom stereocenters. The van der Waals surface area contributed by atoms with Gasteiger partial charge in [-0.05, 0) is 5.56 Å². The van der Waals surface area contributed by atoms with Crippen LogP contribution in [-0.4, -0.2) is 49.7 Å². The number of esters is 1. The zero-order valence-electron chi connectivity index (χ0n) is 12.7. The van der Waals surface area contributed by atoms with Gasteiger partial charge in [0, 0.05) is 19.6 Å². The lowest BCUT2D eigenvalue weighted by molar-refractivity contribution is -0.140. The fourth-order valence-electron chi connectivity index (χ4n) is 1.93. The summed E-state index contributed by atoms with van der Waals surface area (Å²) in [4.78, 5) is 11.5. The van der Waals surface area contributed by atoms with Gasteiger partial charge in [0.25, 0.3) is 10.2 Å². The van der Waals surface area contributed by atoms with E-state index >= 15 is 0 Å². The van der Waals surface area contributed by atoms with Crippen molar-refractivity contribution >= 4 is 16.2 Å². The largest absolute Gasteiger partial charge is 0.468 e. The summed E-state index contributed by atoms with van der Waals surface area (Å²) in [5.74, 6) is -0.582. The van der Waals surface area contributed by atoms with E-state index in [1.54, 1.807) is 13.8 Å². The van der Waals surface area contributed by atoms with Crippen LogP contribution < -0.4 is 0 Å². The summed E-state index contributed by atoms with van der Waals surface area (Å²) < 4.78 is 32.2. The topological polar surface area (TPSA) is 66.9 Å². The van der Waals surface area contributed by atoms with Gasteiger partial charge in [-0.25, -0.2) is 0 Å². The molecule has 0 fully saturated rings. The van der Waals surface area contributed by atoms with Crippen LogP contribution in [0.3, 0.4) is 0 Å². The van der Waals surface area contributed by atoms with Gasteiger partial charge in [0.1, 0.15) is 6.54 Å². The minimum absolute atomic E-state index is 0.134. The number of nitrogens with zero attached hydrogens (tertiary/aromatic N) is 2. The molecule has 0 aliphatic heterocycles. The highest BCUT2D eigenvalue weighted by Crippen LogP contribution is 2.13. The molecule has 0 saturated heterocycles. The predicted octanol–water partition coefficient (Wildman–Crippen LogP) is 1.25. The number of carbonyl (C=O) groups is 1. The van der Waals surface area contributed by atoms with E-state index in [0.29, 0.717) is 13.1 Å².